The molecule has 0 radical (unpaired) electrons. The molecule has 84 valence electrons. The highest BCUT2D eigenvalue weighted by Gasteiger charge is 2.18. The molecule has 0 aromatic carbocycles. The van der Waals surface area contributed by atoms with Gasteiger partial charge in [-0.2, -0.15) is 8.42 Å². The van der Waals surface area contributed by atoms with Gasteiger partial charge in [0.25, 0.3) is 10.1 Å². The molecule has 4 nitrogen and oxygen atoms in total. The van der Waals surface area contributed by atoms with Gasteiger partial charge >= 0.3 is 0 Å². The predicted octanol–water partition coefficient (Wildman–Crippen LogP) is 0.949. The summed E-state index contributed by atoms with van der Waals surface area (Å²) in [6.07, 6.45) is 4.20. The smallest absolute Gasteiger partial charge is 0.267 e. The molecule has 0 fully saturated rings. The number of aryl methyl sites for hydroxylation is 2. The average Bonchev–Trinajstić information content (AvgIpc) is 2.15. The third-order valence-electron chi connectivity index (χ3n) is 2.36. The van der Waals surface area contributed by atoms with Gasteiger partial charge in [-0.05, 0) is 19.4 Å². The van der Waals surface area contributed by atoms with Crippen LogP contribution < -0.4 is 4.57 Å². The van der Waals surface area contributed by atoms with Crippen LogP contribution in [-0.4, -0.2) is 18.2 Å². The second-order valence-corrected chi connectivity index (χ2v) is 5.56. The minimum Gasteiger partial charge on any atom is -0.285 e. The molecule has 0 saturated heterocycles. The fourth-order valence-corrected chi connectivity index (χ4v) is 1.56. The van der Waals surface area contributed by atoms with Gasteiger partial charge in [0.2, 0.25) is 0 Å². The molecule has 0 aliphatic heterocycles. The van der Waals surface area contributed by atoms with Crippen LogP contribution in [0.25, 0.3) is 0 Å². The number of hydrogen-bond donors (Lipinski definition) is 1. The number of pyridine rings is 1. The van der Waals surface area contributed by atoms with Crippen molar-refractivity contribution in [3.05, 3.63) is 30.1 Å². The summed E-state index contributed by atoms with van der Waals surface area (Å²) in [6.45, 7) is 4.08. The van der Waals surface area contributed by atoms with Crippen LogP contribution >= 0.6 is 0 Å². The summed E-state index contributed by atoms with van der Waals surface area (Å²) in [6, 6.07) is 3.91. The van der Waals surface area contributed by atoms with Crippen molar-refractivity contribution >= 4 is 10.1 Å². The second kappa shape index (κ2) is 4.72. The van der Waals surface area contributed by atoms with Crippen molar-refractivity contribution in [3.8, 4) is 0 Å². The summed E-state index contributed by atoms with van der Waals surface area (Å²) in [5.41, 5.74) is 1.16. The molecule has 15 heavy (non-hydrogen) atoms. The van der Waals surface area contributed by atoms with E-state index in [2.05, 4.69) is 0 Å². The summed E-state index contributed by atoms with van der Waals surface area (Å²) in [7, 11) is -3.89. The van der Waals surface area contributed by atoms with Crippen molar-refractivity contribution in [2.75, 3.05) is 0 Å². The predicted molar refractivity (Wildman–Crippen MR) is 57.0 cm³/mol. The van der Waals surface area contributed by atoms with Gasteiger partial charge in [-0.25, -0.2) is 4.57 Å². The molecule has 0 amide bonds. The van der Waals surface area contributed by atoms with Crippen molar-refractivity contribution in [1.82, 2.24) is 0 Å². The SMILES string of the molecule is Cc1cc[n+](CCC(C)S(=O)(=O)O)cc1. The zero-order chi connectivity index (χ0) is 11.5. The van der Waals surface area contributed by atoms with E-state index in [9.17, 15) is 8.42 Å². The van der Waals surface area contributed by atoms with Gasteiger partial charge < -0.3 is 0 Å². The average molecular weight is 230 g/mol. The van der Waals surface area contributed by atoms with Crippen LogP contribution in [0.3, 0.4) is 0 Å². The van der Waals surface area contributed by atoms with Gasteiger partial charge in [0.05, 0.1) is 5.25 Å². The molecule has 1 rings (SSSR count). The summed E-state index contributed by atoms with van der Waals surface area (Å²) in [4.78, 5) is 0. The first kappa shape index (κ1) is 12.1. The lowest BCUT2D eigenvalue weighted by Crippen LogP contribution is -2.35. The Morgan fingerprint density at radius 2 is 1.93 bits per heavy atom. The highest BCUT2D eigenvalue weighted by molar-refractivity contribution is 7.86. The molecule has 1 aromatic heterocycles. The lowest BCUT2D eigenvalue weighted by atomic mass is 10.3. The van der Waals surface area contributed by atoms with Gasteiger partial charge in [-0.1, -0.05) is 0 Å². The van der Waals surface area contributed by atoms with Crippen molar-refractivity contribution in [1.29, 1.82) is 0 Å². The molecule has 5 heteroatoms. The standard InChI is InChI=1S/C10H15NO3S/c1-9-3-6-11(7-4-9)8-5-10(2)15(12,13)14/h3-4,6-7,10H,5,8H2,1-2H3/p+1. The van der Waals surface area contributed by atoms with Gasteiger partial charge in [0.1, 0.15) is 6.54 Å². The van der Waals surface area contributed by atoms with Gasteiger partial charge in [-0.3, -0.25) is 4.55 Å². The third kappa shape index (κ3) is 3.97. The van der Waals surface area contributed by atoms with E-state index >= 15 is 0 Å². The highest BCUT2D eigenvalue weighted by Crippen LogP contribution is 2.02. The Morgan fingerprint density at radius 1 is 1.40 bits per heavy atom. The van der Waals surface area contributed by atoms with Gasteiger partial charge in [0.15, 0.2) is 12.4 Å². The Labute approximate surface area is 90.3 Å². The Hall–Kier alpha value is -0.940. The molecule has 0 bridgehead atoms. The first-order valence-corrected chi connectivity index (χ1v) is 6.32. The molecule has 1 N–H and O–H groups in total. The van der Waals surface area contributed by atoms with Crippen LogP contribution in [0.15, 0.2) is 24.5 Å². The van der Waals surface area contributed by atoms with E-state index in [0.717, 1.165) is 5.56 Å². The normalized spacial score (nSPS) is 13.8. The molecular weight excluding hydrogens is 214 g/mol. The van der Waals surface area contributed by atoms with E-state index in [1.807, 2.05) is 36.0 Å². The third-order valence-corrected chi connectivity index (χ3v) is 3.61. The van der Waals surface area contributed by atoms with Crippen LogP contribution in [0, 0.1) is 6.92 Å². The Bertz CT molecular complexity index is 411. The van der Waals surface area contributed by atoms with Gasteiger partial charge in [0, 0.05) is 18.6 Å². The Balaban J connectivity index is 2.55. The zero-order valence-corrected chi connectivity index (χ0v) is 9.74. The quantitative estimate of drug-likeness (QED) is 0.619. The lowest BCUT2D eigenvalue weighted by Gasteiger charge is -2.04. The second-order valence-electron chi connectivity index (χ2n) is 3.73. The van der Waals surface area contributed by atoms with Crippen molar-refractivity contribution in [2.45, 2.75) is 32.1 Å². The highest BCUT2D eigenvalue weighted by atomic mass is 32.2. The van der Waals surface area contributed by atoms with E-state index < -0.39 is 15.4 Å². The maximum absolute atomic E-state index is 10.8. The van der Waals surface area contributed by atoms with Crippen molar-refractivity contribution in [3.63, 3.8) is 0 Å². The van der Waals surface area contributed by atoms with E-state index in [4.69, 9.17) is 4.55 Å². The van der Waals surface area contributed by atoms with E-state index in [1.165, 1.54) is 6.92 Å². The van der Waals surface area contributed by atoms with Crippen LogP contribution in [0.2, 0.25) is 0 Å². The zero-order valence-electron chi connectivity index (χ0n) is 8.92. The van der Waals surface area contributed by atoms with Crippen LogP contribution in [0.4, 0.5) is 0 Å². The topological polar surface area (TPSA) is 58.2 Å². The summed E-state index contributed by atoms with van der Waals surface area (Å²) in [5.74, 6) is 0. The maximum atomic E-state index is 10.8. The van der Waals surface area contributed by atoms with Crippen LogP contribution in [-0.2, 0) is 16.7 Å². The van der Waals surface area contributed by atoms with Gasteiger partial charge in [-0.15, -0.1) is 0 Å². The fourth-order valence-electron chi connectivity index (χ4n) is 1.16. The number of hydrogen-bond acceptors (Lipinski definition) is 2. The Kier molecular flexibility index (Phi) is 3.82. The summed E-state index contributed by atoms with van der Waals surface area (Å²) >= 11 is 0. The largest absolute Gasteiger partial charge is 0.285 e. The van der Waals surface area contributed by atoms with E-state index in [1.54, 1.807) is 0 Å². The summed E-state index contributed by atoms with van der Waals surface area (Å²) < 4.78 is 32.2. The van der Waals surface area contributed by atoms with E-state index in [0.29, 0.717) is 13.0 Å². The monoisotopic (exact) mass is 230 g/mol. The fraction of sp³-hybridized carbons (Fsp3) is 0.500. The van der Waals surface area contributed by atoms with Crippen LogP contribution in [0.1, 0.15) is 18.9 Å². The lowest BCUT2D eigenvalue weighted by molar-refractivity contribution is -0.697. The number of rotatable bonds is 4. The number of nitrogens with zero attached hydrogens (tertiary/aromatic N) is 1. The summed E-state index contributed by atoms with van der Waals surface area (Å²) in [5, 5.41) is -0.716. The molecule has 1 aromatic rings. The minimum absolute atomic E-state index is 0.409. The van der Waals surface area contributed by atoms with Crippen molar-refractivity contribution < 1.29 is 17.5 Å². The van der Waals surface area contributed by atoms with Crippen molar-refractivity contribution in [2.24, 2.45) is 0 Å². The molecule has 1 unspecified atom stereocenters. The Morgan fingerprint density at radius 3 is 2.40 bits per heavy atom. The molecule has 0 aliphatic carbocycles. The molecule has 1 atom stereocenters. The molecular formula is C10H16NO3S+. The number of aromatic nitrogens is 1. The molecule has 1 heterocycles. The first-order valence-electron chi connectivity index (χ1n) is 4.81. The molecule has 0 spiro atoms. The first-order chi connectivity index (χ1) is 6.89. The maximum Gasteiger partial charge on any atom is 0.267 e. The molecule has 0 aliphatic rings. The van der Waals surface area contributed by atoms with Crippen LogP contribution in [0.5, 0.6) is 0 Å². The minimum atomic E-state index is -3.89. The molecule has 0 saturated carbocycles. The van der Waals surface area contributed by atoms with E-state index in [-0.39, 0.29) is 0 Å².